The highest BCUT2D eigenvalue weighted by Crippen LogP contribution is 2.39. The molecule has 0 aliphatic heterocycles. The lowest BCUT2D eigenvalue weighted by Gasteiger charge is -2.21. The SMILES string of the molecule is CCOC(c1nc2c(s1)CCCC2CNC1CC1)C(C)C. The van der Waals surface area contributed by atoms with E-state index in [0.717, 1.165) is 19.2 Å². The fourth-order valence-corrected chi connectivity index (χ4v) is 4.59. The highest BCUT2D eigenvalue weighted by molar-refractivity contribution is 7.11. The van der Waals surface area contributed by atoms with Gasteiger partial charge >= 0.3 is 0 Å². The summed E-state index contributed by atoms with van der Waals surface area (Å²) in [5.41, 5.74) is 1.37. The number of nitrogens with one attached hydrogen (secondary N) is 1. The lowest BCUT2D eigenvalue weighted by atomic mass is 9.91. The van der Waals surface area contributed by atoms with Crippen molar-refractivity contribution in [3.8, 4) is 0 Å². The van der Waals surface area contributed by atoms with E-state index in [9.17, 15) is 0 Å². The molecule has 1 N–H and O–H groups in total. The van der Waals surface area contributed by atoms with Gasteiger partial charge in [-0.15, -0.1) is 11.3 Å². The summed E-state index contributed by atoms with van der Waals surface area (Å²) in [5, 5.41) is 4.89. The molecule has 1 fully saturated rings. The number of aromatic nitrogens is 1. The fourth-order valence-electron chi connectivity index (χ4n) is 3.17. The standard InChI is InChI=1S/C17H28N2OS/c1-4-20-16(11(2)3)17-19-15-12(10-18-13-8-9-13)6-5-7-14(15)21-17/h11-13,16,18H,4-10H2,1-3H3. The summed E-state index contributed by atoms with van der Waals surface area (Å²) in [6.07, 6.45) is 6.71. The number of aryl methyl sites for hydroxylation is 1. The Bertz CT molecular complexity index is 467. The van der Waals surface area contributed by atoms with Gasteiger partial charge in [0.15, 0.2) is 0 Å². The van der Waals surface area contributed by atoms with Gasteiger partial charge in [-0.05, 0) is 44.9 Å². The molecule has 1 heterocycles. The van der Waals surface area contributed by atoms with E-state index in [2.05, 4.69) is 26.1 Å². The van der Waals surface area contributed by atoms with Crippen LogP contribution in [-0.2, 0) is 11.2 Å². The highest BCUT2D eigenvalue weighted by Gasteiger charge is 2.30. The number of thiazole rings is 1. The number of hydrogen-bond acceptors (Lipinski definition) is 4. The van der Waals surface area contributed by atoms with Crippen LogP contribution >= 0.6 is 11.3 Å². The van der Waals surface area contributed by atoms with Gasteiger partial charge < -0.3 is 10.1 Å². The number of ether oxygens (including phenoxy) is 1. The maximum atomic E-state index is 5.94. The van der Waals surface area contributed by atoms with Crippen LogP contribution in [0, 0.1) is 5.92 Å². The van der Waals surface area contributed by atoms with Crippen molar-refractivity contribution in [3.05, 3.63) is 15.6 Å². The monoisotopic (exact) mass is 308 g/mol. The van der Waals surface area contributed by atoms with Crippen molar-refractivity contribution in [1.82, 2.24) is 10.3 Å². The zero-order valence-electron chi connectivity index (χ0n) is 13.5. The summed E-state index contributed by atoms with van der Waals surface area (Å²) < 4.78 is 5.94. The van der Waals surface area contributed by atoms with E-state index >= 15 is 0 Å². The molecule has 1 aromatic rings. The first-order valence-electron chi connectivity index (χ1n) is 8.53. The van der Waals surface area contributed by atoms with Crippen LogP contribution in [-0.4, -0.2) is 24.2 Å². The first kappa shape index (κ1) is 15.4. The van der Waals surface area contributed by atoms with Gasteiger partial charge in [0, 0.05) is 30.0 Å². The fraction of sp³-hybridized carbons (Fsp3) is 0.824. The second kappa shape index (κ2) is 6.76. The molecule has 2 atom stereocenters. The van der Waals surface area contributed by atoms with Crippen LogP contribution < -0.4 is 5.32 Å². The minimum Gasteiger partial charge on any atom is -0.371 e. The third kappa shape index (κ3) is 3.66. The minimum absolute atomic E-state index is 0.169. The molecule has 1 saturated carbocycles. The molecule has 0 saturated heterocycles. The van der Waals surface area contributed by atoms with Crippen molar-refractivity contribution in [2.75, 3.05) is 13.2 Å². The van der Waals surface area contributed by atoms with E-state index in [1.807, 2.05) is 11.3 Å². The second-order valence-electron chi connectivity index (χ2n) is 6.75. The lowest BCUT2D eigenvalue weighted by Crippen LogP contribution is -2.26. The van der Waals surface area contributed by atoms with Gasteiger partial charge in [-0.25, -0.2) is 4.98 Å². The van der Waals surface area contributed by atoms with Gasteiger partial charge in [-0.1, -0.05) is 13.8 Å². The van der Waals surface area contributed by atoms with Crippen LogP contribution in [0.1, 0.15) is 74.1 Å². The van der Waals surface area contributed by atoms with Crippen LogP contribution in [0.3, 0.4) is 0 Å². The molecule has 2 aliphatic carbocycles. The Balaban J connectivity index is 1.75. The second-order valence-corrected chi connectivity index (χ2v) is 7.87. The zero-order chi connectivity index (χ0) is 14.8. The smallest absolute Gasteiger partial charge is 0.122 e. The first-order chi connectivity index (χ1) is 10.2. The van der Waals surface area contributed by atoms with Gasteiger partial charge in [0.25, 0.3) is 0 Å². The number of nitrogens with zero attached hydrogens (tertiary/aromatic N) is 1. The van der Waals surface area contributed by atoms with Crippen molar-refractivity contribution in [1.29, 1.82) is 0 Å². The molecule has 0 spiro atoms. The quantitative estimate of drug-likeness (QED) is 0.825. The van der Waals surface area contributed by atoms with Crippen LogP contribution in [0.15, 0.2) is 0 Å². The molecule has 4 heteroatoms. The van der Waals surface area contributed by atoms with Gasteiger partial charge in [-0.2, -0.15) is 0 Å². The highest BCUT2D eigenvalue weighted by atomic mass is 32.1. The summed E-state index contributed by atoms with van der Waals surface area (Å²) in [5.74, 6) is 1.11. The number of fused-ring (bicyclic) bond motifs is 1. The maximum absolute atomic E-state index is 5.94. The van der Waals surface area contributed by atoms with Crippen molar-refractivity contribution < 1.29 is 4.74 Å². The lowest BCUT2D eigenvalue weighted by molar-refractivity contribution is 0.0291. The molecule has 0 amide bonds. The Morgan fingerprint density at radius 1 is 1.33 bits per heavy atom. The Labute approximate surface area is 132 Å². The third-order valence-electron chi connectivity index (χ3n) is 4.51. The Hall–Kier alpha value is -0.450. The Kier molecular flexibility index (Phi) is 4.97. The van der Waals surface area contributed by atoms with E-state index in [1.165, 1.54) is 47.7 Å². The molecule has 3 rings (SSSR count). The van der Waals surface area contributed by atoms with Crippen LogP contribution in [0.2, 0.25) is 0 Å². The van der Waals surface area contributed by atoms with Crippen molar-refractivity contribution in [3.63, 3.8) is 0 Å². The molecular formula is C17H28N2OS. The van der Waals surface area contributed by atoms with Crippen LogP contribution in [0.5, 0.6) is 0 Å². The van der Waals surface area contributed by atoms with E-state index in [0.29, 0.717) is 11.8 Å². The summed E-state index contributed by atoms with van der Waals surface area (Å²) in [6.45, 7) is 8.41. The first-order valence-corrected chi connectivity index (χ1v) is 9.35. The number of rotatable bonds is 7. The molecular weight excluding hydrogens is 280 g/mol. The third-order valence-corrected chi connectivity index (χ3v) is 5.71. The van der Waals surface area contributed by atoms with Crippen molar-refractivity contribution in [2.24, 2.45) is 5.92 Å². The summed E-state index contributed by atoms with van der Waals surface area (Å²) in [4.78, 5) is 6.54. The minimum atomic E-state index is 0.169. The molecule has 3 nitrogen and oxygen atoms in total. The van der Waals surface area contributed by atoms with Gasteiger partial charge in [-0.3, -0.25) is 0 Å². The summed E-state index contributed by atoms with van der Waals surface area (Å²) in [7, 11) is 0. The average Bonchev–Trinajstić information content (AvgIpc) is 3.19. The zero-order valence-corrected chi connectivity index (χ0v) is 14.3. The average molecular weight is 308 g/mol. The van der Waals surface area contributed by atoms with Crippen molar-refractivity contribution >= 4 is 11.3 Å². The molecule has 1 aromatic heterocycles. The predicted molar refractivity (Wildman–Crippen MR) is 88.0 cm³/mol. The van der Waals surface area contributed by atoms with E-state index in [-0.39, 0.29) is 6.10 Å². The Morgan fingerprint density at radius 3 is 2.81 bits per heavy atom. The molecule has 21 heavy (non-hydrogen) atoms. The summed E-state index contributed by atoms with van der Waals surface area (Å²) >= 11 is 1.90. The Morgan fingerprint density at radius 2 is 2.14 bits per heavy atom. The van der Waals surface area contributed by atoms with Gasteiger partial charge in [0.05, 0.1) is 5.69 Å². The van der Waals surface area contributed by atoms with Crippen molar-refractivity contribution in [2.45, 2.75) is 70.9 Å². The number of hydrogen-bond donors (Lipinski definition) is 1. The maximum Gasteiger partial charge on any atom is 0.122 e. The molecule has 0 aromatic carbocycles. The van der Waals surface area contributed by atoms with Gasteiger partial charge in [0.1, 0.15) is 11.1 Å². The molecule has 118 valence electrons. The largest absolute Gasteiger partial charge is 0.371 e. The van der Waals surface area contributed by atoms with Gasteiger partial charge in [0.2, 0.25) is 0 Å². The van der Waals surface area contributed by atoms with Crippen LogP contribution in [0.25, 0.3) is 0 Å². The van der Waals surface area contributed by atoms with E-state index in [1.54, 1.807) is 0 Å². The van der Waals surface area contributed by atoms with Crippen LogP contribution in [0.4, 0.5) is 0 Å². The normalized spacial score (nSPS) is 23.3. The summed E-state index contributed by atoms with van der Waals surface area (Å²) in [6, 6.07) is 0.792. The molecule has 0 bridgehead atoms. The molecule has 2 unspecified atom stereocenters. The topological polar surface area (TPSA) is 34.1 Å². The molecule has 0 radical (unpaired) electrons. The van der Waals surface area contributed by atoms with E-state index in [4.69, 9.17) is 9.72 Å². The van der Waals surface area contributed by atoms with E-state index < -0.39 is 0 Å². The predicted octanol–water partition coefficient (Wildman–Crippen LogP) is 4.05. The molecule has 2 aliphatic rings.